The van der Waals surface area contributed by atoms with Crippen LogP contribution in [0.3, 0.4) is 0 Å². The molecule has 1 aliphatic rings. The number of aromatic carboxylic acids is 1. The zero-order valence-corrected chi connectivity index (χ0v) is 17.1. The van der Waals surface area contributed by atoms with E-state index in [1.54, 1.807) is 4.57 Å². The number of hydrogen-bond donors (Lipinski definition) is 1. The quantitative estimate of drug-likeness (QED) is 0.743. The summed E-state index contributed by atoms with van der Waals surface area (Å²) < 4.78 is 1.77. The fourth-order valence-corrected chi connectivity index (χ4v) is 4.27. The van der Waals surface area contributed by atoms with E-state index in [9.17, 15) is 9.90 Å². The van der Waals surface area contributed by atoms with E-state index in [1.807, 2.05) is 19.2 Å². The van der Waals surface area contributed by atoms with E-state index in [-0.39, 0.29) is 18.0 Å². The van der Waals surface area contributed by atoms with Crippen LogP contribution in [0.5, 0.6) is 0 Å². The standard InChI is InChI=1S/C20H27ClN2O2.ClH/c1-3-4-10-23-11-8-14(9-12-23)13-15-6-5-7-16-17(15)18(20(24)25)19(21)22(16)2;/h5-7,14H,3-4,8-13H2,1-2H3,(H,24,25);1H. The van der Waals surface area contributed by atoms with Crippen LogP contribution in [0.4, 0.5) is 0 Å². The van der Waals surface area contributed by atoms with Gasteiger partial charge in [-0.15, -0.1) is 12.4 Å². The number of carboxylic acids is 1. The second-order valence-electron chi connectivity index (χ2n) is 7.18. The van der Waals surface area contributed by atoms with Crippen molar-refractivity contribution >= 4 is 40.9 Å². The van der Waals surface area contributed by atoms with Crippen LogP contribution < -0.4 is 0 Å². The van der Waals surface area contributed by atoms with Crippen molar-refractivity contribution in [3.05, 3.63) is 34.5 Å². The molecule has 26 heavy (non-hydrogen) atoms. The number of nitrogens with zero attached hydrogens (tertiary/aromatic N) is 2. The van der Waals surface area contributed by atoms with Gasteiger partial charge in [0.15, 0.2) is 0 Å². The molecule has 0 amide bonds. The van der Waals surface area contributed by atoms with Crippen molar-refractivity contribution in [3.63, 3.8) is 0 Å². The molecule has 1 N–H and O–H groups in total. The second kappa shape index (κ2) is 9.12. The molecule has 0 unspecified atom stereocenters. The smallest absolute Gasteiger partial charge is 0.339 e. The average molecular weight is 399 g/mol. The lowest BCUT2D eigenvalue weighted by atomic mass is 9.88. The predicted molar refractivity (Wildman–Crippen MR) is 110 cm³/mol. The molecule has 3 rings (SSSR count). The number of hydrogen-bond acceptors (Lipinski definition) is 2. The van der Waals surface area contributed by atoms with E-state index in [4.69, 9.17) is 11.6 Å². The lowest BCUT2D eigenvalue weighted by Crippen LogP contribution is -2.35. The predicted octanol–water partition coefficient (Wildman–Crippen LogP) is 5.01. The topological polar surface area (TPSA) is 45.5 Å². The number of piperidine rings is 1. The molecule has 0 aliphatic carbocycles. The Labute approximate surface area is 166 Å². The lowest BCUT2D eigenvalue weighted by molar-refractivity contribution is 0.0699. The van der Waals surface area contributed by atoms with Gasteiger partial charge in [-0.05, 0) is 62.9 Å². The fraction of sp³-hybridized carbons (Fsp3) is 0.550. The van der Waals surface area contributed by atoms with E-state index in [2.05, 4.69) is 17.9 Å². The maximum absolute atomic E-state index is 11.7. The van der Waals surface area contributed by atoms with Gasteiger partial charge in [-0.25, -0.2) is 4.79 Å². The van der Waals surface area contributed by atoms with Gasteiger partial charge in [0.2, 0.25) is 0 Å². The van der Waals surface area contributed by atoms with Gasteiger partial charge in [-0.1, -0.05) is 37.1 Å². The summed E-state index contributed by atoms with van der Waals surface area (Å²) in [6, 6.07) is 6.02. The van der Waals surface area contributed by atoms with Crippen LogP contribution in [0.15, 0.2) is 18.2 Å². The van der Waals surface area contributed by atoms with Crippen LogP contribution in [0, 0.1) is 5.92 Å². The monoisotopic (exact) mass is 398 g/mol. The SMILES string of the molecule is CCCCN1CCC(Cc2cccc3c2c(C(=O)O)c(Cl)n3C)CC1.Cl. The number of aryl methyl sites for hydroxylation is 1. The molecule has 6 heteroatoms. The maximum Gasteiger partial charge on any atom is 0.339 e. The van der Waals surface area contributed by atoms with Crippen molar-refractivity contribution in [1.29, 1.82) is 0 Å². The number of benzene rings is 1. The molecule has 0 radical (unpaired) electrons. The summed E-state index contributed by atoms with van der Waals surface area (Å²) in [6.07, 6.45) is 5.81. The van der Waals surface area contributed by atoms with Crippen LogP contribution in [-0.4, -0.2) is 40.2 Å². The zero-order chi connectivity index (χ0) is 18.0. The Hall–Kier alpha value is -1.23. The Bertz CT molecular complexity index is 765. The number of rotatable bonds is 6. The molecule has 1 aromatic carbocycles. The van der Waals surface area contributed by atoms with Crippen molar-refractivity contribution in [1.82, 2.24) is 9.47 Å². The molecule has 4 nitrogen and oxygen atoms in total. The highest BCUT2D eigenvalue weighted by molar-refractivity contribution is 6.35. The molecule has 2 aromatic rings. The van der Waals surface area contributed by atoms with Crippen LogP contribution in [0.1, 0.15) is 48.5 Å². The summed E-state index contributed by atoms with van der Waals surface area (Å²) in [7, 11) is 1.83. The van der Waals surface area contributed by atoms with Gasteiger partial charge in [0.05, 0.1) is 5.52 Å². The van der Waals surface area contributed by atoms with Gasteiger partial charge in [-0.3, -0.25) is 0 Å². The van der Waals surface area contributed by atoms with Crippen LogP contribution in [0.2, 0.25) is 5.15 Å². The molecule has 0 bridgehead atoms. The van der Waals surface area contributed by atoms with Gasteiger partial charge in [-0.2, -0.15) is 0 Å². The summed E-state index contributed by atoms with van der Waals surface area (Å²) in [6.45, 7) is 5.75. The Morgan fingerprint density at radius 2 is 2.00 bits per heavy atom. The number of halogens is 2. The molecule has 1 fully saturated rings. The fourth-order valence-electron chi connectivity index (χ4n) is 4.00. The average Bonchev–Trinajstić information content (AvgIpc) is 2.87. The van der Waals surface area contributed by atoms with Crippen molar-refractivity contribution in [3.8, 4) is 0 Å². The first-order valence-corrected chi connectivity index (χ1v) is 9.62. The van der Waals surface area contributed by atoms with Crippen LogP contribution >= 0.6 is 24.0 Å². The van der Waals surface area contributed by atoms with Gasteiger partial charge < -0.3 is 14.6 Å². The van der Waals surface area contributed by atoms with E-state index >= 15 is 0 Å². The lowest BCUT2D eigenvalue weighted by Gasteiger charge is -2.32. The third-order valence-electron chi connectivity index (χ3n) is 5.50. The van der Waals surface area contributed by atoms with Gasteiger partial charge in [0.1, 0.15) is 10.7 Å². The highest BCUT2D eigenvalue weighted by atomic mass is 35.5. The van der Waals surface area contributed by atoms with Gasteiger partial charge >= 0.3 is 5.97 Å². The zero-order valence-electron chi connectivity index (χ0n) is 15.5. The first-order valence-electron chi connectivity index (χ1n) is 9.24. The Morgan fingerprint density at radius 1 is 1.31 bits per heavy atom. The third-order valence-corrected chi connectivity index (χ3v) is 5.94. The summed E-state index contributed by atoms with van der Waals surface area (Å²) in [5.74, 6) is -0.332. The molecule has 0 saturated carbocycles. The van der Waals surface area contributed by atoms with Crippen LogP contribution in [-0.2, 0) is 13.5 Å². The molecule has 0 spiro atoms. The summed E-state index contributed by atoms with van der Waals surface area (Å²) in [5.41, 5.74) is 2.26. The maximum atomic E-state index is 11.7. The van der Waals surface area contributed by atoms with Gasteiger partial charge in [0.25, 0.3) is 0 Å². The minimum absolute atomic E-state index is 0. The van der Waals surface area contributed by atoms with Crippen molar-refractivity contribution in [2.75, 3.05) is 19.6 Å². The highest BCUT2D eigenvalue weighted by Crippen LogP contribution is 2.34. The number of unbranched alkanes of at least 4 members (excludes halogenated alkanes) is 1. The largest absolute Gasteiger partial charge is 0.478 e. The van der Waals surface area contributed by atoms with E-state index in [0.717, 1.165) is 36.0 Å². The van der Waals surface area contributed by atoms with Crippen molar-refractivity contribution in [2.45, 2.75) is 39.0 Å². The number of fused-ring (bicyclic) bond motifs is 1. The molecule has 1 saturated heterocycles. The van der Waals surface area contributed by atoms with E-state index in [1.165, 1.54) is 32.2 Å². The molecular formula is C20H28Cl2N2O2. The molecule has 144 valence electrons. The first kappa shape index (κ1) is 21.1. The number of carbonyl (C=O) groups is 1. The Balaban J connectivity index is 0.00000243. The highest BCUT2D eigenvalue weighted by Gasteiger charge is 2.24. The molecule has 1 aromatic heterocycles. The molecule has 1 aliphatic heterocycles. The number of aromatic nitrogens is 1. The van der Waals surface area contributed by atoms with E-state index < -0.39 is 5.97 Å². The normalized spacial score (nSPS) is 16.0. The first-order chi connectivity index (χ1) is 12.0. The number of likely N-dealkylation sites (tertiary alicyclic amines) is 1. The molecule has 2 heterocycles. The molecular weight excluding hydrogens is 371 g/mol. The van der Waals surface area contributed by atoms with Crippen LogP contribution in [0.25, 0.3) is 10.9 Å². The van der Waals surface area contributed by atoms with Crippen molar-refractivity contribution < 1.29 is 9.90 Å². The number of carboxylic acid groups (broad SMARTS) is 1. The minimum Gasteiger partial charge on any atom is -0.478 e. The summed E-state index contributed by atoms with van der Waals surface area (Å²) in [5, 5.41) is 10.7. The van der Waals surface area contributed by atoms with Gasteiger partial charge in [0, 0.05) is 12.4 Å². The Morgan fingerprint density at radius 3 is 2.62 bits per heavy atom. The summed E-state index contributed by atoms with van der Waals surface area (Å²) >= 11 is 6.29. The minimum atomic E-state index is -0.947. The van der Waals surface area contributed by atoms with Crippen molar-refractivity contribution in [2.24, 2.45) is 13.0 Å². The third kappa shape index (κ3) is 4.19. The second-order valence-corrected chi connectivity index (χ2v) is 7.54. The summed E-state index contributed by atoms with van der Waals surface area (Å²) in [4.78, 5) is 14.3. The van der Waals surface area contributed by atoms with E-state index in [0.29, 0.717) is 11.1 Å². The molecule has 0 atom stereocenters. The Kier molecular flexibility index (Phi) is 7.39.